The fraction of sp³-hybridized carbons (Fsp3) is 1.00. The summed E-state index contributed by atoms with van der Waals surface area (Å²) in [6, 6.07) is 1.72. The summed E-state index contributed by atoms with van der Waals surface area (Å²) >= 11 is 0. The summed E-state index contributed by atoms with van der Waals surface area (Å²) in [7, 11) is 0. The van der Waals surface area contributed by atoms with E-state index in [0.717, 1.165) is 18.0 Å². The first kappa shape index (κ1) is 12.4. The first-order valence-corrected chi connectivity index (χ1v) is 7.26. The Morgan fingerprint density at radius 2 is 1.62 bits per heavy atom. The molecule has 0 radical (unpaired) electrons. The maximum atomic E-state index is 2.86. The van der Waals surface area contributed by atoms with Crippen molar-refractivity contribution in [2.45, 2.75) is 78.3 Å². The molecule has 1 aliphatic carbocycles. The van der Waals surface area contributed by atoms with E-state index < -0.39 is 0 Å². The second kappa shape index (κ2) is 4.68. The molecule has 0 bridgehead atoms. The van der Waals surface area contributed by atoms with Crippen molar-refractivity contribution in [2.75, 3.05) is 6.54 Å². The Labute approximate surface area is 102 Å². The lowest BCUT2D eigenvalue weighted by Crippen LogP contribution is -2.48. The number of rotatable bonds is 1. The van der Waals surface area contributed by atoms with E-state index in [4.69, 9.17) is 0 Å². The Morgan fingerprint density at radius 3 is 2.25 bits per heavy atom. The van der Waals surface area contributed by atoms with Gasteiger partial charge in [0.15, 0.2) is 0 Å². The molecule has 16 heavy (non-hydrogen) atoms. The van der Waals surface area contributed by atoms with Gasteiger partial charge in [-0.15, -0.1) is 0 Å². The molecule has 0 amide bonds. The smallest absolute Gasteiger partial charge is 0.0147 e. The minimum absolute atomic E-state index is 0.466. The molecule has 0 spiro atoms. The van der Waals surface area contributed by atoms with E-state index in [1.165, 1.54) is 45.1 Å². The SMILES string of the molecule is CC1CCCCC1N1CCCC1C(C)(C)C. The molecule has 3 unspecified atom stereocenters. The quantitative estimate of drug-likeness (QED) is 0.647. The maximum absolute atomic E-state index is 2.86. The highest BCUT2D eigenvalue weighted by atomic mass is 15.2. The van der Waals surface area contributed by atoms with E-state index in [-0.39, 0.29) is 0 Å². The zero-order chi connectivity index (χ0) is 11.8. The van der Waals surface area contributed by atoms with Crippen LogP contribution in [0.5, 0.6) is 0 Å². The molecule has 1 heteroatoms. The van der Waals surface area contributed by atoms with Gasteiger partial charge >= 0.3 is 0 Å². The molecular formula is C15H29N. The van der Waals surface area contributed by atoms with Crippen molar-refractivity contribution < 1.29 is 0 Å². The van der Waals surface area contributed by atoms with Crippen molar-refractivity contribution in [3.63, 3.8) is 0 Å². The van der Waals surface area contributed by atoms with Gasteiger partial charge in [0.25, 0.3) is 0 Å². The molecule has 0 N–H and O–H groups in total. The molecule has 1 saturated carbocycles. The Hall–Kier alpha value is -0.0400. The third-order valence-electron chi connectivity index (χ3n) is 4.79. The molecule has 1 nitrogen and oxygen atoms in total. The standard InChI is InChI=1S/C15H29N/c1-12-8-5-6-9-13(12)16-11-7-10-14(16)15(2,3)4/h12-14H,5-11H2,1-4H3. The van der Waals surface area contributed by atoms with Crippen molar-refractivity contribution in [1.82, 2.24) is 4.90 Å². The van der Waals surface area contributed by atoms with Crippen LogP contribution in [0.3, 0.4) is 0 Å². The summed E-state index contributed by atoms with van der Waals surface area (Å²) in [6.45, 7) is 11.1. The normalized spacial score (nSPS) is 37.9. The maximum Gasteiger partial charge on any atom is 0.0147 e. The van der Waals surface area contributed by atoms with Crippen LogP contribution in [-0.2, 0) is 0 Å². The molecule has 0 aromatic heterocycles. The summed E-state index contributed by atoms with van der Waals surface area (Å²) in [5.41, 5.74) is 0.466. The first-order valence-electron chi connectivity index (χ1n) is 7.26. The van der Waals surface area contributed by atoms with Crippen LogP contribution in [0.2, 0.25) is 0 Å². The number of hydrogen-bond donors (Lipinski definition) is 0. The van der Waals surface area contributed by atoms with Gasteiger partial charge in [0, 0.05) is 12.1 Å². The van der Waals surface area contributed by atoms with Gasteiger partial charge < -0.3 is 0 Å². The van der Waals surface area contributed by atoms with Crippen molar-refractivity contribution in [2.24, 2.45) is 11.3 Å². The van der Waals surface area contributed by atoms with Crippen LogP contribution in [0.4, 0.5) is 0 Å². The molecule has 2 rings (SSSR count). The zero-order valence-electron chi connectivity index (χ0n) is 11.6. The van der Waals surface area contributed by atoms with Gasteiger partial charge in [-0.3, -0.25) is 4.90 Å². The highest BCUT2D eigenvalue weighted by Crippen LogP contribution is 2.38. The fourth-order valence-corrected chi connectivity index (χ4v) is 3.91. The van der Waals surface area contributed by atoms with Gasteiger partial charge in [0.05, 0.1) is 0 Å². The molecule has 1 aliphatic heterocycles. The fourth-order valence-electron chi connectivity index (χ4n) is 3.91. The van der Waals surface area contributed by atoms with Crippen LogP contribution in [0.1, 0.15) is 66.2 Å². The average Bonchev–Trinajstić information content (AvgIpc) is 2.66. The first-order chi connectivity index (χ1) is 7.50. The lowest BCUT2D eigenvalue weighted by Gasteiger charge is -2.44. The summed E-state index contributed by atoms with van der Waals surface area (Å²) < 4.78 is 0. The van der Waals surface area contributed by atoms with Crippen LogP contribution in [0.15, 0.2) is 0 Å². The van der Waals surface area contributed by atoms with E-state index >= 15 is 0 Å². The Morgan fingerprint density at radius 1 is 0.938 bits per heavy atom. The van der Waals surface area contributed by atoms with E-state index in [0.29, 0.717) is 5.41 Å². The summed E-state index contributed by atoms with van der Waals surface area (Å²) in [6.07, 6.45) is 8.68. The van der Waals surface area contributed by atoms with Crippen molar-refractivity contribution >= 4 is 0 Å². The van der Waals surface area contributed by atoms with E-state index in [1.54, 1.807) is 0 Å². The molecule has 1 saturated heterocycles. The molecule has 0 aromatic rings. The lowest BCUT2D eigenvalue weighted by molar-refractivity contribution is 0.0503. The average molecular weight is 223 g/mol. The van der Waals surface area contributed by atoms with Gasteiger partial charge in [-0.25, -0.2) is 0 Å². The highest BCUT2D eigenvalue weighted by Gasteiger charge is 2.39. The predicted molar refractivity (Wildman–Crippen MR) is 70.6 cm³/mol. The van der Waals surface area contributed by atoms with E-state index in [2.05, 4.69) is 32.6 Å². The minimum atomic E-state index is 0.466. The van der Waals surface area contributed by atoms with Gasteiger partial charge in [0.2, 0.25) is 0 Å². The molecule has 0 aromatic carbocycles. The van der Waals surface area contributed by atoms with Crippen molar-refractivity contribution in [3.05, 3.63) is 0 Å². The largest absolute Gasteiger partial charge is 0.297 e. The third kappa shape index (κ3) is 2.45. The monoisotopic (exact) mass is 223 g/mol. The Bertz CT molecular complexity index is 228. The molecule has 2 aliphatic rings. The van der Waals surface area contributed by atoms with Crippen LogP contribution in [0.25, 0.3) is 0 Å². The van der Waals surface area contributed by atoms with Gasteiger partial charge in [-0.2, -0.15) is 0 Å². The van der Waals surface area contributed by atoms with Crippen molar-refractivity contribution in [1.29, 1.82) is 0 Å². The number of nitrogens with zero attached hydrogens (tertiary/aromatic N) is 1. The van der Waals surface area contributed by atoms with Crippen LogP contribution < -0.4 is 0 Å². The highest BCUT2D eigenvalue weighted by molar-refractivity contribution is 4.94. The van der Waals surface area contributed by atoms with Crippen molar-refractivity contribution in [3.8, 4) is 0 Å². The molecule has 1 heterocycles. The van der Waals surface area contributed by atoms with Crippen LogP contribution in [-0.4, -0.2) is 23.5 Å². The second-order valence-corrected chi connectivity index (χ2v) is 7.09. The van der Waals surface area contributed by atoms with Gasteiger partial charge in [-0.05, 0) is 43.6 Å². The van der Waals surface area contributed by atoms with Crippen LogP contribution >= 0.6 is 0 Å². The number of likely N-dealkylation sites (tertiary alicyclic amines) is 1. The summed E-state index contributed by atoms with van der Waals surface area (Å²) in [4.78, 5) is 2.86. The van der Waals surface area contributed by atoms with E-state index in [1.807, 2.05) is 0 Å². The van der Waals surface area contributed by atoms with E-state index in [9.17, 15) is 0 Å². The third-order valence-corrected chi connectivity index (χ3v) is 4.79. The topological polar surface area (TPSA) is 3.24 Å². The minimum Gasteiger partial charge on any atom is -0.297 e. The molecule has 2 fully saturated rings. The van der Waals surface area contributed by atoms with Crippen LogP contribution in [0, 0.1) is 11.3 Å². The summed E-state index contributed by atoms with van der Waals surface area (Å²) in [5.74, 6) is 0.927. The Balaban J connectivity index is 2.07. The van der Waals surface area contributed by atoms with Gasteiger partial charge in [0.1, 0.15) is 0 Å². The second-order valence-electron chi connectivity index (χ2n) is 7.09. The predicted octanol–water partition coefficient (Wildman–Crippen LogP) is 4.08. The number of hydrogen-bond acceptors (Lipinski definition) is 1. The summed E-state index contributed by atoms with van der Waals surface area (Å²) in [5, 5.41) is 0. The zero-order valence-corrected chi connectivity index (χ0v) is 11.6. The van der Waals surface area contributed by atoms with Gasteiger partial charge in [-0.1, -0.05) is 40.5 Å². The molecular weight excluding hydrogens is 194 g/mol. The Kier molecular flexibility index (Phi) is 3.63. The lowest BCUT2D eigenvalue weighted by atomic mass is 9.80. The molecule has 94 valence electrons. The molecule has 3 atom stereocenters.